The molecular formula is C21H18N2OS. The maximum Gasteiger partial charge on any atom is 0.122 e. The van der Waals surface area contributed by atoms with Gasteiger partial charge in [0.15, 0.2) is 0 Å². The van der Waals surface area contributed by atoms with Gasteiger partial charge in [-0.3, -0.25) is 0 Å². The van der Waals surface area contributed by atoms with Crippen LogP contribution < -0.4 is 4.74 Å². The lowest BCUT2D eigenvalue weighted by molar-refractivity contribution is 0.415. The average molecular weight is 346 g/mol. The van der Waals surface area contributed by atoms with E-state index in [1.54, 1.807) is 7.11 Å². The minimum absolute atomic E-state index is 0.448. The maximum atomic E-state index is 9.54. The molecule has 1 heterocycles. The number of pyridine rings is 1. The van der Waals surface area contributed by atoms with Crippen LogP contribution in [0.2, 0.25) is 0 Å². The topological polar surface area (TPSA) is 48.8 Å². The van der Waals surface area contributed by atoms with E-state index in [9.17, 15) is 5.26 Å². The molecule has 4 heteroatoms. The maximum absolute atomic E-state index is 9.54. The average Bonchev–Trinajstić information content (AvgIpc) is 2.63. The van der Waals surface area contributed by atoms with Crippen LogP contribution in [-0.4, -0.2) is 12.1 Å². The molecule has 0 radical (unpaired) electrons. The van der Waals surface area contributed by atoms with Gasteiger partial charge in [-0.15, -0.1) is 0 Å². The molecule has 0 bridgehead atoms. The lowest BCUT2D eigenvalue weighted by Gasteiger charge is -2.11. The minimum Gasteiger partial charge on any atom is -0.497 e. The first-order chi connectivity index (χ1) is 12.0. The number of rotatable bonds is 3. The standard InChI is InChI=1S/C21H18N2OS/c1-13-4-5-16(10-14(13)2)20-11-18(19(12-22)21(25)23-20)15-6-8-17(24-3)9-7-15/h4-11H,1-3H3,(H,23,25). The van der Waals surface area contributed by atoms with Gasteiger partial charge in [-0.05, 0) is 60.4 Å². The van der Waals surface area contributed by atoms with Gasteiger partial charge in [0.2, 0.25) is 0 Å². The Kier molecular flexibility index (Phi) is 4.69. The molecular weight excluding hydrogens is 328 g/mol. The molecule has 1 aromatic heterocycles. The van der Waals surface area contributed by atoms with Gasteiger partial charge in [0.1, 0.15) is 16.5 Å². The number of aryl methyl sites for hydroxylation is 2. The normalized spacial score (nSPS) is 10.3. The number of aromatic nitrogens is 1. The second-order valence-corrected chi connectivity index (χ2v) is 6.35. The van der Waals surface area contributed by atoms with Gasteiger partial charge in [-0.25, -0.2) is 0 Å². The molecule has 0 saturated heterocycles. The van der Waals surface area contributed by atoms with Crippen LogP contribution in [0.25, 0.3) is 22.4 Å². The van der Waals surface area contributed by atoms with Crippen molar-refractivity contribution in [3.63, 3.8) is 0 Å². The Morgan fingerprint density at radius 2 is 1.64 bits per heavy atom. The van der Waals surface area contributed by atoms with E-state index in [4.69, 9.17) is 17.0 Å². The quantitative estimate of drug-likeness (QED) is 0.630. The van der Waals surface area contributed by atoms with Crippen molar-refractivity contribution in [1.29, 1.82) is 5.26 Å². The Hall–Kier alpha value is -2.90. The number of hydrogen-bond acceptors (Lipinski definition) is 3. The molecule has 2 aromatic carbocycles. The van der Waals surface area contributed by atoms with Crippen LogP contribution in [-0.2, 0) is 0 Å². The Labute approximate surface area is 152 Å². The van der Waals surface area contributed by atoms with Gasteiger partial charge >= 0.3 is 0 Å². The summed E-state index contributed by atoms with van der Waals surface area (Å²) in [6, 6.07) is 18.1. The summed E-state index contributed by atoms with van der Waals surface area (Å²) < 4.78 is 5.66. The number of methoxy groups -OCH3 is 1. The van der Waals surface area contributed by atoms with Crippen LogP contribution in [0.4, 0.5) is 0 Å². The minimum atomic E-state index is 0.448. The molecule has 1 N–H and O–H groups in total. The van der Waals surface area contributed by atoms with Crippen LogP contribution in [0.15, 0.2) is 48.5 Å². The molecule has 0 unspecified atom stereocenters. The third-order valence-corrected chi connectivity index (χ3v) is 4.67. The number of ether oxygens (including phenoxy) is 1. The number of hydrogen-bond donors (Lipinski definition) is 1. The lowest BCUT2D eigenvalue weighted by atomic mass is 9.98. The fourth-order valence-electron chi connectivity index (χ4n) is 2.73. The van der Waals surface area contributed by atoms with Crippen molar-refractivity contribution in [2.45, 2.75) is 13.8 Å². The van der Waals surface area contributed by atoms with Crippen molar-refractivity contribution in [1.82, 2.24) is 4.98 Å². The number of nitriles is 1. The summed E-state index contributed by atoms with van der Waals surface area (Å²) >= 11 is 5.43. The fourth-order valence-corrected chi connectivity index (χ4v) is 3.00. The molecule has 0 spiro atoms. The predicted octanol–water partition coefficient (Wildman–Crippen LogP) is 5.58. The first-order valence-electron chi connectivity index (χ1n) is 7.93. The molecule has 0 aliphatic heterocycles. The molecule has 0 aliphatic carbocycles. The van der Waals surface area contributed by atoms with Crippen molar-refractivity contribution in [2.24, 2.45) is 0 Å². The molecule has 0 aliphatic rings. The van der Waals surface area contributed by atoms with E-state index in [0.717, 1.165) is 28.1 Å². The highest BCUT2D eigenvalue weighted by Crippen LogP contribution is 2.30. The number of benzene rings is 2. The Bertz CT molecular complexity index is 1030. The van der Waals surface area contributed by atoms with Gasteiger partial charge in [-0.2, -0.15) is 5.26 Å². The highest BCUT2D eigenvalue weighted by molar-refractivity contribution is 7.71. The third kappa shape index (κ3) is 3.33. The first kappa shape index (κ1) is 16.9. The summed E-state index contributed by atoms with van der Waals surface area (Å²) in [5, 5.41) is 9.54. The SMILES string of the molecule is COc1ccc(-c2cc(-c3ccc(C)c(C)c3)[nH]c(=S)c2C#N)cc1. The smallest absolute Gasteiger partial charge is 0.122 e. The number of nitrogens with one attached hydrogen (secondary N) is 1. The highest BCUT2D eigenvalue weighted by atomic mass is 32.1. The Morgan fingerprint density at radius 1 is 0.960 bits per heavy atom. The molecule has 3 aromatic rings. The largest absolute Gasteiger partial charge is 0.497 e. The zero-order chi connectivity index (χ0) is 18.0. The Morgan fingerprint density at radius 3 is 2.24 bits per heavy atom. The van der Waals surface area contributed by atoms with E-state index in [1.807, 2.05) is 30.3 Å². The van der Waals surface area contributed by atoms with Gasteiger partial charge in [0.25, 0.3) is 0 Å². The van der Waals surface area contributed by atoms with Gasteiger partial charge in [-0.1, -0.05) is 36.5 Å². The van der Waals surface area contributed by atoms with Crippen LogP contribution in [0, 0.1) is 29.8 Å². The van der Waals surface area contributed by atoms with E-state index in [-0.39, 0.29) is 0 Å². The molecule has 124 valence electrons. The van der Waals surface area contributed by atoms with E-state index in [1.165, 1.54) is 11.1 Å². The lowest BCUT2D eigenvalue weighted by Crippen LogP contribution is -1.94. The summed E-state index contributed by atoms with van der Waals surface area (Å²) in [5.41, 5.74) is 6.64. The molecule has 0 fully saturated rings. The van der Waals surface area contributed by atoms with E-state index in [0.29, 0.717) is 10.2 Å². The number of aromatic amines is 1. The van der Waals surface area contributed by atoms with E-state index >= 15 is 0 Å². The zero-order valence-corrected chi connectivity index (χ0v) is 15.2. The summed E-state index contributed by atoms with van der Waals surface area (Å²) in [7, 11) is 1.63. The second-order valence-electron chi connectivity index (χ2n) is 5.94. The predicted molar refractivity (Wildman–Crippen MR) is 103 cm³/mol. The van der Waals surface area contributed by atoms with Crippen molar-refractivity contribution in [3.05, 3.63) is 69.9 Å². The molecule has 3 nitrogen and oxygen atoms in total. The second kappa shape index (κ2) is 6.92. The molecule has 0 atom stereocenters. The van der Waals surface area contributed by atoms with Gasteiger partial charge in [0.05, 0.1) is 12.7 Å². The van der Waals surface area contributed by atoms with Crippen LogP contribution in [0.5, 0.6) is 5.75 Å². The molecule has 0 amide bonds. The summed E-state index contributed by atoms with van der Waals surface area (Å²) in [6.45, 7) is 4.17. The zero-order valence-electron chi connectivity index (χ0n) is 14.4. The third-order valence-electron chi connectivity index (χ3n) is 4.36. The molecule has 3 rings (SSSR count). The van der Waals surface area contributed by atoms with Crippen LogP contribution in [0.3, 0.4) is 0 Å². The van der Waals surface area contributed by atoms with Crippen molar-refractivity contribution in [3.8, 4) is 34.2 Å². The van der Waals surface area contributed by atoms with Crippen molar-refractivity contribution < 1.29 is 4.74 Å². The molecule has 0 saturated carbocycles. The monoisotopic (exact) mass is 346 g/mol. The number of nitrogens with zero attached hydrogens (tertiary/aromatic N) is 1. The molecule has 25 heavy (non-hydrogen) atoms. The van der Waals surface area contributed by atoms with Crippen LogP contribution >= 0.6 is 12.2 Å². The summed E-state index contributed by atoms with van der Waals surface area (Å²) in [6.07, 6.45) is 0. The van der Waals surface area contributed by atoms with Crippen molar-refractivity contribution in [2.75, 3.05) is 7.11 Å². The van der Waals surface area contributed by atoms with Gasteiger partial charge in [0, 0.05) is 11.3 Å². The summed E-state index contributed by atoms with van der Waals surface area (Å²) in [5.74, 6) is 0.776. The van der Waals surface area contributed by atoms with E-state index in [2.05, 4.69) is 43.1 Å². The first-order valence-corrected chi connectivity index (χ1v) is 8.34. The fraction of sp³-hybridized carbons (Fsp3) is 0.143. The van der Waals surface area contributed by atoms with E-state index < -0.39 is 0 Å². The van der Waals surface area contributed by atoms with Crippen molar-refractivity contribution >= 4 is 12.2 Å². The highest BCUT2D eigenvalue weighted by Gasteiger charge is 2.11. The van der Waals surface area contributed by atoms with Crippen LogP contribution in [0.1, 0.15) is 16.7 Å². The number of H-pyrrole nitrogens is 1. The van der Waals surface area contributed by atoms with Gasteiger partial charge < -0.3 is 9.72 Å². The summed E-state index contributed by atoms with van der Waals surface area (Å²) in [4.78, 5) is 3.19. The Balaban J connectivity index is 2.20.